The quantitative estimate of drug-likeness (QED) is 0.897. The Morgan fingerprint density at radius 2 is 1.90 bits per heavy atom. The Hall–Kier alpha value is -2.24. The predicted octanol–water partition coefficient (Wildman–Crippen LogP) is 2.06. The second-order valence-electron chi connectivity index (χ2n) is 4.80. The molecule has 6 nitrogen and oxygen atoms in total. The summed E-state index contributed by atoms with van der Waals surface area (Å²) in [6.07, 6.45) is 5.63. The number of nitrogens with two attached hydrogens (primary N) is 1. The van der Waals surface area contributed by atoms with Crippen molar-refractivity contribution < 1.29 is 0 Å². The minimum Gasteiger partial charge on any atom is -0.368 e. The molecule has 0 saturated carbocycles. The van der Waals surface area contributed by atoms with E-state index in [1.54, 1.807) is 12.4 Å². The van der Waals surface area contributed by atoms with Gasteiger partial charge in [-0.25, -0.2) is 19.9 Å². The first-order chi connectivity index (χ1) is 9.60. The lowest BCUT2D eigenvalue weighted by Crippen LogP contribution is -2.21. The van der Waals surface area contributed by atoms with Gasteiger partial charge in [-0.15, -0.1) is 0 Å². The van der Waals surface area contributed by atoms with Crippen LogP contribution in [0.2, 0.25) is 0 Å². The van der Waals surface area contributed by atoms with Gasteiger partial charge in [0.25, 0.3) is 0 Å². The molecule has 2 rings (SSSR count). The summed E-state index contributed by atoms with van der Waals surface area (Å²) in [6, 6.07) is 1.92. The van der Waals surface area contributed by atoms with Crippen molar-refractivity contribution in [1.29, 1.82) is 0 Å². The number of unbranched alkanes of at least 4 members (excludes halogenated alkanes) is 1. The van der Waals surface area contributed by atoms with Crippen LogP contribution in [0.5, 0.6) is 0 Å². The smallest absolute Gasteiger partial charge is 0.225 e. The highest BCUT2D eigenvalue weighted by Gasteiger charge is 2.09. The molecule has 0 fully saturated rings. The molecule has 0 bridgehead atoms. The van der Waals surface area contributed by atoms with Gasteiger partial charge in [0.05, 0.1) is 5.69 Å². The van der Waals surface area contributed by atoms with Gasteiger partial charge in [0.2, 0.25) is 11.9 Å². The first kappa shape index (κ1) is 14.2. The third-order valence-electron chi connectivity index (χ3n) is 3.00. The van der Waals surface area contributed by atoms with Crippen LogP contribution in [0.15, 0.2) is 18.5 Å². The Balaban J connectivity index is 2.30. The minimum atomic E-state index is 0.264. The van der Waals surface area contributed by atoms with Crippen molar-refractivity contribution in [3.8, 4) is 11.3 Å². The van der Waals surface area contributed by atoms with Crippen molar-refractivity contribution in [2.24, 2.45) is 0 Å². The lowest BCUT2D eigenvalue weighted by Gasteiger charge is -2.17. The standard InChI is InChI=1S/C14H20N6/c1-4-5-6-20(3)14-18-10(2)7-12(19-14)11-8-16-13(15)17-9-11/h7-9H,4-6H2,1-3H3,(H2,15,16,17). The maximum Gasteiger partial charge on any atom is 0.225 e. The predicted molar refractivity (Wildman–Crippen MR) is 80.4 cm³/mol. The molecule has 106 valence electrons. The minimum absolute atomic E-state index is 0.264. The van der Waals surface area contributed by atoms with Crippen LogP contribution in [-0.2, 0) is 0 Å². The molecule has 0 spiro atoms. The largest absolute Gasteiger partial charge is 0.368 e. The van der Waals surface area contributed by atoms with Crippen molar-refractivity contribution >= 4 is 11.9 Å². The monoisotopic (exact) mass is 272 g/mol. The zero-order valence-corrected chi connectivity index (χ0v) is 12.2. The number of hydrogen-bond acceptors (Lipinski definition) is 6. The maximum absolute atomic E-state index is 5.50. The third kappa shape index (κ3) is 3.40. The molecule has 0 aliphatic rings. The number of aromatic nitrogens is 4. The van der Waals surface area contributed by atoms with Gasteiger partial charge in [0.1, 0.15) is 0 Å². The van der Waals surface area contributed by atoms with Gasteiger partial charge in [-0.05, 0) is 19.4 Å². The summed E-state index contributed by atoms with van der Waals surface area (Å²) in [6.45, 7) is 5.07. The zero-order valence-electron chi connectivity index (χ0n) is 12.2. The van der Waals surface area contributed by atoms with E-state index >= 15 is 0 Å². The Morgan fingerprint density at radius 1 is 1.20 bits per heavy atom. The van der Waals surface area contributed by atoms with Crippen LogP contribution in [0.3, 0.4) is 0 Å². The number of nitrogen functional groups attached to an aromatic ring is 1. The van der Waals surface area contributed by atoms with Crippen LogP contribution in [0.4, 0.5) is 11.9 Å². The lowest BCUT2D eigenvalue weighted by molar-refractivity contribution is 0.748. The molecule has 2 aromatic rings. The Labute approximate surface area is 119 Å². The fraction of sp³-hybridized carbons (Fsp3) is 0.429. The number of hydrogen-bond donors (Lipinski definition) is 1. The van der Waals surface area contributed by atoms with Crippen LogP contribution < -0.4 is 10.6 Å². The summed E-state index contributed by atoms with van der Waals surface area (Å²) in [7, 11) is 2.01. The topological polar surface area (TPSA) is 80.8 Å². The van der Waals surface area contributed by atoms with Crippen molar-refractivity contribution in [2.75, 3.05) is 24.2 Å². The first-order valence-corrected chi connectivity index (χ1v) is 6.75. The molecule has 0 atom stereocenters. The number of anilines is 2. The van der Waals surface area contributed by atoms with Crippen LogP contribution >= 0.6 is 0 Å². The Kier molecular flexibility index (Phi) is 4.45. The van der Waals surface area contributed by atoms with Gasteiger partial charge in [-0.3, -0.25) is 0 Å². The highest BCUT2D eigenvalue weighted by atomic mass is 15.2. The van der Waals surface area contributed by atoms with Crippen molar-refractivity contribution in [3.63, 3.8) is 0 Å². The molecule has 2 heterocycles. The van der Waals surface area contributed by atoms with E-state index in [2.05, 4.69) is 31.8 Å². The summed E-state index contributed by atoms with van der Waals surface area (Å²) in [5.74, 6) is 0.991. The SMILES string of the molecule is CCCCN(C)c1nc(C)cc(-c2cnc(N)nc2)n1. The molecule has 0 aliphatic carbocycles. The molecule has 0 saturated heterocycles. The van der Waals surface area contributed by atoms with Crippen LogP contribution in [0.25, 0.3) is 11.3 Å². The summed E-state index contributed by atoms with van der Waals surface area (Å²) >= 11 is 0. The summed E-state index contributed by atoms with van der Waals surface area (Å²) in [4.78, 5) is 19.1. The fourth-order valence-electron chi connectivity index (χ4n) is 1.84. The second-order valence-corrected chi connectivity index (χ2v) is 4.80. The van der Waals surface area contributed by atoms with E-state index < -0.39 is 0 Å². The van der Waals surface area contributed by atoms with Gasteiger partial charge in [-0.1, -0.05) is 13.3 Å². The number of nitrogens with zero attached hydrogens (tertiary/aromatic N) is 5. The fourth-order valence-corrected chi connectivity index (χ4v) is 1.84. The number of aryl methyl sites for hydroxylation is 1. The first-order valence-electron chi connectivity index (χ1n) is 6.75. The van der Waals surface area contributed by atoms with E-state index in [9.17, 15) is 0 Å². The van der Waals surface area contributed by atoms with E-state index in [4.69, 9.17) is 5.73 Å². The molecular formula is C14H20N6. The average molecular weight is 272 g/mol. The van der Waals surface area contributed by atoms with Crippen molar-refractivity contribution in [2.45, 2.75) is 26.7 Å². The molecule has 0 radical (unpaired) electrons. The third-order valence-corrected chi connectivity index (χ3v) is 3.00. The highest BCUT2D eigenvalue weighted by Crippen LogP contribution is 2.19. The van der Waals surface area contributed by atoms with E-state index in [0.717, 1.165) is 42.3 Å². The normalized spacial score (nSPS) is 10.6. The van der Waals surface area contributed by atoms with Gasteiger partial charge in [0.15, 0.2) is 0 Å². The molecule has 0 aromatic carbocycles. The molecular weight excluding hydrogens is 252 g/mol. The Bertz CT molecular complexity index is 566. The van der Waals surface area contributed by atoms with Crippen LogP contribution in [-0.4, -0.2) is 33.5 Å². The second kappa shape index (κ2) is 6.27. The van der Waals surface area contributed by atoms with E-state index in [0.29, 0.717) is 0 Å². The van der Waals surface area contributed by atoms with E-state index in [1.165, 1.54) is 0 Å². The average Bonchev–Trinajstić information content (AvgIpc) is 2.44. The maximum atomic E-state index is 5.50. The molecule has 0 unspecified atom stereocenters. The van der Waals surface area contributed by atoms with E-state index in [1.807, 2.05) is 20.0 Å². The summed E-state index contributed by atoms with van der Waals surface area (Å²) in [5.41, 5.74) is 8.08. The zero-order chi connectivity index (χ0) is 14.5. The molecule has 0 amide bonds. The van der Waals surface area contributed by atoms with Crippen LogP contribution in [0, 0.1) is 6.92 Å². The summed E-state index contributed by atoms with van der Waals surface area (Å²) < 4.78 is 0. The van der Waals surface area contributed by atoms with Crippen molar-refractivity contribution in [3.05, 3.63) is 24.2 Å². The van der Waals surface area contributed by atoms with Gasteiger partial charge < -0.3 is 10.6 Å². The lowest BCUT2D eigenvalue weighted by atomic mass is 10.2. The van der Waals surface area contributed by atoms with Crippen molar-refractivity contribution in [1.82, 2.24) is 19.9 Å². The summed E-state index contributed by atoms with van der Waals surface area (Å²) in [5, 5.41) is 0. The molecule has 2 aromatic heterocycles. The van der Waals surface area contributed by atoms with Gasteiger partial charge in [0, 0.05) is 37.2 Å². The van der Waals surface area contributed by atoms with Crippen LogP contribution in [0.1, 0.15) is 25.5 Å². The van der Waals surface area contributed by atoms with E-state index in [-0.39, 0.29) is 5.95 Å². The Morgan fingerprint density at radius 3 is 2.55 bits per heavy atom. The molecule has 0 aliphatic heterocycles. The molecule has 20 heavy (non-hydrogen) atoms. The number of rotatable bonds is 5. The molecule has 2 N–H and O–H groups in total. The van der Waals surface area contributed by atoms with Gasteiger partial charge in [-0.2, -0.15) is 0 Å². The highest BCUT2D eigenvalue weighted by molar-refractivity contribution is 5.59. The van der Waals surface area contributed by atoms with Gasteiger partial charge >= 0.3 is 0 Å². The molecule has 6 heteroatoms.